The largest absolute Gasteiger partial charge is 0.481 e. The number of carbonyl (C=O) groups is 1. The van der Waals surface area contributed by atoms with Crippen LogP contribution in [0.3, 0.4) is 0 Å². The molecule has 0 heterocycles. The predicted molar refractivity (Wildman–Crippen MR) is 87.1 cm³/mol. The van der Waals surface area contributed by atoms with E-state index in [2.05, 4.69) is 5.32 Å². The summed E-state index contributed by atoms with van der Waals surface area (Å²) in [5.41, 5.74) is 2.75. The van der Waals surface area contributed by atoms with Crippen molar-refractivity contribution in [3.05, 3.63) is 59.7 Å². The molecule has 1 amide bonds. The number of ether oxygens (including phenoxy) is 2. The third kappa shape index (κ3) is 4.33. The fourth-order valence-electron chi connectivity index (χ4n) is 2.08. The zero-order valence-electron chi connectivity index (χ0n) is 13.1. The molecule has 4 heteroatoms. The highest BCUT2D eigenvalue weighted by Crippen LogP contribution is 2.18. The Bertz CT molecular complexity index is 640. The Morgan fingerprint density at radius 3 is 2.68 bits per heavy atom. The summed E-state index contributed by atoms with van der Waals surface area (Å²) in [5.74, 6) is 0.538. The lowest BCUT2D eigenvalue weighted by Gasteiger charge is -2.16. The van der Waals surface area contributed by atoms with Gasteiger partial charge in [0.1, 0.15) is 5.75 Å². The minimum absolute atomic E-state index is 0.183. The van der Waals surface area contributed by atoms with E-state index >= 15 is 0 Å². The van der Waals surface area contributed by atoms with Crippen LogP contribution in [0.15, 0.2) is 48.5 Å². The summed E-state index contributed by atoms with van der Waals surface area (Å²) in [6.07, 6.45) is -0.577. The Labute approximate surface area is 131 Å². The number of nitrogens with one attached hydrogen (secondary N) is 1. The lowest BCUT2D eigenvalue weighted by molar-refractivity contribution is -0.122. The average Bonchev–Trinajstić information content (AvgIpc) is 2.50. The van der Waals surface area contributed by atoms with Crippen molar-refractivity contribution in [2.75, 3.05) is 12.4 Å². The normalized spacial score (nSPS) is 11.8. The SMILES string of the molecule is COCc1cccc(NC(=O)[C@@H](C)Oc2ccccc2C)c1. The second-order valence-electron chi connectivity index (χ2n) is 5.15. The molecule has 0 spiro atoms. The summed E-state index contributed by atoms with van der Waals surface area (Å²) < 4.78 is 10.8. The number of rotatable bonds is 6. The van der Waals surface area contributed by atoms with Crippen LogP contribution in [0.2, 0.25) is 0 Å². The highest BCUT2D eigenvalue weighted by Gasteiger charge is 2.15. The van der Waals surface area contributed by atoms with Crippen molar-refractivity contribution in [1.29, 1.82) is 0 Å². The molecule has 0 saturated heterocycles. The maximum Gasteiger partial charge on any atom is 0.265 e. The van der Waals surface area contributed by atoms with Crippen molar-refractivity contribution in [2.24, 2.45) is 0 Å². The van der Waals surface area contributed by atoms with Gasteiger partial charge in [-0.2, -0.15) is 0 Å². The van der Waals surface area contributed by atoms with Crippen molar-refractivity contribution in [1.82, 2.24) is 0 Å². The number of hydrogen-bond donors (Lipinski definition) is 1. The third-order valence-electron chi connectivity index (χ3n) is 3.27. The van der Waals surface area contributed by atoms with Gasteiger partial charge in [-0.05, 0) is 43.2 Å². The standard InChI is InChI=1S/C18H21NO3/c1-13-7-4-5-10-17(13)22-14(2)18(20)19-16-9-6-8-15(11-16)12-21-3/h4-11,14H,12H2,1-3H3,(H,19,20)/t14-/m1/s1. The summed E-state index contributed by atoms with van der Waals surface area (Å²) in [6.45, 7) is 4.20. The zero-order valence-corrected chi connectivity index (χ0v) is 13.1. The Morgan fingerprint density at radius 2 is 1.95 bits per heavy atom. The van der Waals surface area contributed by atoms with Crippen LogP contribution < -0.4 is 10.1 Å². The van der Waals surface area contributed by atoms with Crippen LogP contribution in [-0.4, -0.2) is 19.1 Å². The minimum atomic E-state index is -0.577. The van der Waals surface area contributed by atoms with Crippen molar-refractivity contribution in [3.63, 3.8) is 0 Å². The number of amides is 1. The fourth-order valence-corrected chi connectivity index (χ4v) is 2.08. The molecule has 2 aromatic carbocycles. The Balaban J connectivity index is 1.99. The molecule has 2 rings (SSSR count). The molecule has 22 heavy (non-hydrogen) atoms. The smallest absolute Gasteiger partial charge is 0.265 e. The van der Waals surface area contributed by atoms with Crippen molar-refractivity contribution >= 4 is 11.6 Å². The van der Waals surface area contributed by atoms with Crippen molar-refractivity contribution in [2.45, 2.75) is 26.6 Å². The molecule has 116 valence electrons. The van der Waals surface area contributed by atoms with E-state index in [-0.39, 0.29) is 5.91 Å². The second kappa shape index (κ2) is 7.61. The van der Waals surface area contributed by atoms with E-state index in [9.17, 15) is 4.79 Å². The van der Waals surface area contributed by atoms with Crippen LogP contribution in [-0.2, 0) is 16.1 Å². The number of hydrogen-bond acceptors (Lipinski definition) is 3. The van der Waals surface area contributed by atoms with Gasteiger partial charge >= 0.3 is 0 Å². The third-order valence-corrected chi connectivity index (χ3v) is 3.27. The minimum Gasteiger partial charge on any atom is -0.481 e. The Kier molecular flexibility index (Phi) is 5.55. The molecule has 0 radical (unpaired) electrons. The van der Waals surface area contributed by atoms with Gasteiger partial charge < -0.3 is 14.8 Å². The second-order valence-corrected chi connectivity index (χ2v) is 5.15. The molecule has 2 aromatic rings. The van der Waals surface area contributed by atoms with Gasteiger partial charge in [-0.1, -0.05) is 30.3 Å². The molecule has 0 aliphatic rings. The number of methoxy groups -OCH3 is 1. The predicted octanol–water partition coefficient (Wildman–Crippen LogP) is 3.55. The summed E-state index contributed by atoms with van der Waals surface area (Å²) in [5, 5.41) is 2.86. The van der Waals surface area contributed by atoms with Gasteiger partial charge in [0.2, 0.25) is 0 Å². The maximum atomic E-state index is 12.2. The molecular weight excluding hydrogens is 278 g/mol. The first-order valence-corrected chi connectivity index (χ1v) is 7.21. The van der Waals surface area contributed by atoms with Gasteiger partial charge in [0.05, 0.1) is 6.61 Å². The van der Waals surface area contributed by atoms with Crippen molar-refractivity contribution in [3.8, 4) is 5.75 Å². The van der Waals surface area contributed by atoms with Crippen molar-refractivity contribution < 1.29 is 14.3 Å². The summed E-state index contributed by atoms with van der Waals surface area (Å²) >= 11 is 0. The number of aryl methyl sites for hydroxylation is 1. The number of para-hydroxylation sites is 1. The average molecular weight is 299 g/mol. The first kappa shape index (κ1) is 16.0. The molecule has 1 atom stereocenters. The van der Waals surface area contributed by atoms with E-state index < -0.39 is 6.10 Å². The Hall–Kier alpha value is -2.33. The Morgan fingerprint density at radius 1 is 1.18 bits per heavy atom. The van der Waals surface area contributed by atoms with E-state index in [4.69, 9.17) is 9.47 Å². The molecule has 0 bridgehead atoms. The maximum absolute atomic E-state index is 12.2. The quantitative estimate of drug-likeness (QED) is 0.887. The van der Waals surface area contributed by atoms with Crippen LogP contribution in [0, 0.1) is 6.92 Å². The van der Waals surface area contributed by atoms with Gasteiger partial charge in [0.15, 0.2) is 6.10 Å². The topological polar surface area (TPSA) is 47.6 Å². The molecule has 0 aliphatic carbocycles. The first-order valence-electron chi connectivity index (χ1n) is 7.21. The number of anilines is 1. The monoisotopic (exact) mass is 299 g/mol. The highest BCUT2D eigenvalue weighted by molar-refractivity contribution is 5.94. The number of benzene rings is 2. The van der Waals surface area contributed by atoms with Gasteiger partial charge in [-0.15, -0.1) is 0 Å². The summed E-state index contributed by atoms with van der Waals surface area (Å²) in [4.78, 5) is 12.2. The van der Waals surface area contributed by atoms with Gasteiger partial charge in [0.25, 0.3) is 5.91 Å². The fraction of sp³-hybridized carbons (Fsp3) is 0.278. The molecule has 0 aliphatic heterocycles. The molecule has 0 aromatic heterocycles. The summed E-state index contributed by atoms with van der Waals surface area (Å²) in [6, 6.07) is 15.2. The van der Waals surface area contributed by atoms with E-state index in [0.717, 1.165) is 22.6 Å². The van der Waals surface area contributed by atoms with Gasteiger partial charge in [0, 0.05) is 12.8 Å². The highest BCUT2D eigenvalue weighted by atomic mass is 16.5. The molecular formula is C18H21NO3. The van der Waals surface area contributed by atoms with E-state index in [1.807, 2.05) is 55.5 Å². The van der Waals surface area contributed by atoms with Crippen LogP contribution in [0.1, 0.15) is 18.1 Å². The lowest BCUT2D eigenvalue weighted by Crippen LogP contribution is -2.30. The first-order chi connectivity index (χ1) is 10.6. The van der Waals surface area contributed by atoms with E-state index in [1.165, 1.54) is 0 Å². The van der Waals surface area contributed by atoms with E-state index in [0.29, 0.717) is 6.61 Å². The molecule has 1 N–H and O–H groups in total. The van der Waals surface area contributed by atoms with Crippen LogP contribution in [0.25, 0.3) is 0 Å². The van der Waals surface area contributed by atoms with Gasteiger partial charge in [-0.25, -0.2) is 0 Å². The number of carbonyl (C=O) groups excluding carboxylic acids is 1. The van der Waals surface area contributed by atoms with E-state index in [1.54, 1.807) is 14.0 Å². The van der Waals surface area contributed by atoms with Gasteiger partial charge in [-0.3, -0.25) is 4.79 Å². The van der Waals surface area contributed by atoms with Crippen LogP contribution in [0.5, 0.6) is 5.75 Å². The van der Waals surface area contributed by atoms with Crippen LogP contribution >= 0.6 is 0 Å². The molecule has 0 unspecified atom stereocenters. The van der Waals surface area contributed by atoms with Crippen LogP contribution in [0.4, 0.5) is 5.69 Å². The molecule has 0 fully saturated rings. The molecule has 4 nitrogen and oxygen atoms in total. The lowest BCUT2D eigenvalue weighted by atomic mass is 10.2. The zero-order chi connectivity index (χ0) is 15.9. The summed E-state index contributed by atoms with van der Waals surface area (Å²) in [7, 11) is 1.64. The molecule has 0 saturated carbocycles.